The van der Waals surface area contributed by atoms with Gasteiger partial charge in [0.25, 0.3) is 5.89 Å². The van der Waals surface area contributed by atoms with Gasteiger partial charge in [-0.15, -0.1) is 0 Å². The molecule has 0 aliphatic heterocycles. The Morgan fingerprint density at radius 2 is 1.86 bits per heavy atom. The number of hydrogen-bond donors (Lipinski definition) is 1. The second-order valence-electron chi connectivity index (χ2n) is 6.80. The Kier molecular flexibility index (Phi) is 5.46. The third kappa shape index (κ3) is 4.39. The summed E-state index contributed by atoms with van der Waals surface area (Å²) in [5.74, 6) is 2.36. The number of anilines is 1. The van der Waals surface area contributed by atoms with Gasteiger partial charge in [-0.2, -0.15) is 4.98 Å². The summed E-state index contributed by atoms with van der Waals surface area (Å²) in [6.45, 7) is 4.92. The van der Waals surface area contributed by atoms with Gasteiger partial charge in [0.15, 0.2) is 11.5 Å². The van der Waals surface area contributed by atoms with Crippen LogP contribution in [-0.4, -0.2) is 29.3 Å². The van der Waals surface area contributed by atoms with Gasteiger partial charge in [0.1, 0.15) is 0 Å². The van der Waals surface area contributed by atoms with Crippen molar-refractivity contribution in [1.82, 2.24) is 10.1 Å². The molecular formula is C22H23N3O4. The van der Waals surface area contributed by atoms with Crippen LogP contribution in [0, 0.1) is 5.92 Å². The van der Waals surface area contributed by atoms with Crippen molar-refractivity contribution in [3.8, 4) is 34.3 Å². The highest BCUT2D eigenvalue weighted by atomic mass is 16.5. The maximum Gasteiger partial charge on any atom is 0.258 e. The molecule has 7 nitrogen and oxygen atoms in total. The molecule has 29 heavy (non-hydrogen) atoms. The van der Waals surface area contributed by atoms with Crippen LogP contribution in [0.15, 0.2) is 47.0 Å². The Morgan fingerprint density at radius 3 is 2.62 bits per heavy atom. The van der Waals surface area contributed by atoms with E-state index in [4.69, 9.17) is 14.0 Å². The Labute approximate surface area is 169 Å². The SMILES string of the molecule is CCOc1ccc(-c2nc(-c3cccc(NC(=O)C4CC4)c3)no2)cc1OCC. The number of ether oxygens (including phenoxy) is 2. The third-order valence-electron chi connectivity index (χ3n) is 4.55. The van der Waals surface area contributed by atoms with Crippen molar-refractivity contribution in [2.75, 3.05) is 18.5 Å². The summed E-state index contributed by atoms with van der Waals surface area (Å²) in [4.78, 5) is 16.5. The molecule has 0 atom stereocenters. The maximum atomic E-state index is 12.0. The molecule has 1 aliphatic carbocycles. The summed E-state index contributed by atoms with van der Waals surface area (Å²) >= 11 is 0. The fraction of sp³-hybridized carbons (Fsp3) is 0.318. The number of carbonyl (C=O) groups is 1. The van der Waals surface area contributed by atoms with Gasteiger partial charge in [0, 0.05) is 22.7 Å². The van der Waals surface area contributed by atoms with Gasteiger partial charge in [0.05, 0.1) is 13.2 Å². The summed E-state index contributed by atoms with van der Waals surface area (Å²) in [7, 11) is 0. The smallest absolute Gasteiger partial charge is 0.258 e. The van der Waals surface area contributed by atoms with E-state index in [-0.39, 0.29) is 11.8 Å². The Bertz CT molecular complexity index is 1010. The minimum atomic E-state index is 0.0637. The zero-order chi connectivity index (χ0) is 20.2. The predicted molar refractivity (Wildman–Crippen MR) is 109 cm³/mol. The minimum Gasteiger partial charge on any atom is -0.490 e. The monoisotopic (exact) mass is 393 g/mol. The van der Waals surface area contributed by atoms with Crippen LogP contribution in [-0.2, 0) is 4.79 Å². The molecule has 1 saturated carbocycles. The maximum absolute atomic E-state index is 12.0. The van der Waals surface area contributed by atoms with Crippen LogP contribution in [0.4, 0.5) is 5.69 Å². The summed E-state index contributed by atoms with van der Waals surface area (Å²) in [6, 6.07) is 13.0. The molecule has 1 aromatic heterocycles. The van der Waals surface area contributed by atoms with Crippen LogP contribution in [0.1, 0.15) is 26.7 Å². The lowest BCUT2D eigenvalue weighted by Gasteiger charge is -2.11. The topological polar surface area (TPSA) is 86.5 Å². The first-order valence-electron chi connectivity index (χ1n) is 9.83. The standard InChI is InChI=1S/C22H23N3O4/c1-3-27-18-11-10-16(13-19(18)28-4-2)22-24-20(25-29-22)15-6-5-7-17(12-15)23-21(26)14-8-9-14/h5-7,10-14H,3-4,8-9H2,1-2H3,(H,23,26). The average molecular weight is 393 g/mol. The van der Waals surface area contributed by atoms with Crippen molar-refractivity contribution in [2.45, 2.75) is 26.7 Å². The molecule has 3 aromatic rings. The predicted octanol–water partition coefficient (Wildman–Crippen LogP) is 4.55. The molecule has 150 valence electrons. The molecule has 0 unspecified atom stereocenters. The van der Waals surface area contributed by atoms with Crippen molar-refractivity contribution < 1.29 is 18.8 Å². The van der Waals surface area contributed by atoms with Crippen molar-refractivity contribution in [2.24, 2.45) is 5.92 Å². The molecule has 1 amide bonds. The van der Waals surface area contributed by atoms with Gasteiger partial charge >= 0.3 is 0 Å². The van der Waals surface area contributed by atoms with Crippen molar-refractivity contribution in [3.63, 3.8) is 0 Å². The van der Waals surface area contributed by atoms with Crippen molar-refractivity contribution in [1.29, 1.82) is 0 Å². The number of hydrogen-bond acceptors (Lipinski definition) is 6. The first-order valence-corrected chi connectivity index (χ1v) is 9.83. The molecule has 0 radical (unpaired) electrons. The molecule has 0 saturated heterocycles. The summed E-state index contributed by atoms with van der Waals surface area (Å²) in [5.41, 5.74) is 2.24. The van der Waals surface area contributed by atoms with E-state index in [9.17, 15) is 4.79 Å². The first kappa shape index (κ1) is 19.0. The zero-order valence-electron chi connectivity index (χ0n) is 16.5. The second kappa shape index (κ2) is 8.34. The van der Waals surface area contributed by atoms with E-state index in [1.54, 1.807) is 0 Å². The molecule has 0 bridgehead atoms. The van der Waals surface area contributed by atoms with E-state index in [0.29, 0.717) is 36.4 Å². The highest BCUT2D eigenvalue weighted by molar-refractivity contribution is 5.94. The molecule has 1 N–H and O–H groups in total. The Balaban J connectivity index is 1.56. The highest BCUT2D eigenvalue weighted by Gasteiger charge is 2.29. The molecule has 1 aliphatic rings. The van der Waals surface area contributed by atoms with Crippen LogP contribution >= 0.6 is 0 Å². The molecule has 1 heterocycles. The zero-order valence-corrected chi connectivity index (χ0v) is 16.5. The van der Waals surface area contributed by atoms with Gasteiger partial charge in [-0.05, 0) is 57.0 Å². The van der Waals surface area contributed by atoms with Crippen LogP contribution in [0.5, 0.6) is 11.5 Å². The lowest BCUT2D eigenvalue weighted by Crippen LogP contribution is -2.13. The minimum absolute atomic E-state index is 0.0637. The van der Waals surface area contributed by atoms with E-state index in [1.807, 2.05) is 56.3 Å². The van der Waals surface area contributed by atoms with Crippen LogP contribution in [0.3, 0.4) is 0 Å². The van der Waals surface area contributed by atoms with E-state index in [1.165, 1.54) is 0 Å². The summed E-state index contributed by atoms with van der Waals surface area (Å²) < 4.78 is 16.7. The molecule has 4 rings (SSSR count). The quantitative estimate of drug-likeness (QED) is 0.604. The first-order chi connectivity index (χ1) is 14.2. The molecule has 1 fully saturated rings. The highest BCUT2D eigenvalue weighted by Crippen LogP contribution is 2.33. The third-order valence-corrected chi connectivity index (χ3v) is 4.55. The summed E-state index contributed by atoms with van der Waals surface area (Å²) in [6.07, 6.45) is 1.93. The average Bonchev–Trinajstić information content (AvgIpc) is 3.47. The number of aromatic nitrogens is 2. The normalized spacial score (nSPS) is 13.2. The largest absolute Gasteiger partial charge is 0.490 e. The van der Waals surface area contributed by atoms with Gasteiger partial charge < -0.3 is 19.3 Å². The van der Waals surface area contributed by atoms with Crippen molar-refractivity contribution in [3.05, 3.63) is 42.5 Å². The van der Waals surface area contributed by atoms with Crippen molar-refractivity contribution >= 4 is 11.6 Å². The molecule has 7 heteroatoms. The van der Waals surface area contributed by atoms with E-state index in [0.717, 1.165) is 29.7 Å². The summed E-state index contributed by atoms with van der Waals surface area (Å²) in [5, 5.41) is 7.03. The fourth-order valence-corrected chi connectivity index (χ4v) is 2.97. The van der Waals surface area contributed by atoms with E-state index in [2.05, 4.69) is 15.5 Å². The van der Waals surface area contributed by atoms with Gasteiger partial charge in [0.2, 0.25) is 11.7 Å². The van der Waals surface area contributed by atoms with Gasteiger partial charge in [-0.3, -0.25) is 4.79 Å². The van der Waals surface area contributed by atoms with Crippen LogP contribution < -0.4 is 14.8 Å². The number of nitrogens with one attached hydrogen (secondary N) is 1. The number of nitrogens with zero attached hydrogens (tertiary/aromatic N) is 2. The van der Waals surface area contributed by atoms with Crippen LogP contribution in [0.25, 0.3) is 22.8 Å². The molecule has 0 spiro atoms. The lowest BCUT2D eigenvalue weighted by molar-refractivity contribution is -0.117. The Hall–Kier alpha value is -3.35. The number of amides is 1. The number of carbonyl (C=O) groups excluding carboxylic acids is 1. The van der Waals surface area contributed by atoms with Crippen LogP contribution in [0.2, 0.25) is 0 Å². The number of benzene rings is 2. The Morgan fingerprint density at radius 1 is 1.07 bits per heavy atom. The molecule has 2 aromatic carbocycles. The fourth-order valence-electron chi connectivity index (χ4n) is 2.97. The molecular weight excluding hydrogens is 370 g/mol. The van der Waals surface area contributed by atoms with Gasteiger partial charge in [-0.1, -0.05) is 17.3 Å². The van der Waals surface area contributed by atoms with E-state index >= 15 is 0 Å². The number of rotatable bonds is 8. The van der Waals surface area contributed by atoms with Gasteiger partial charge in [-0.25, -0.2) is 0 Å². The lowest BCUT2D eigenvalue weighted by atomic mass is 10.1. The second-order valence-corrected chi connectivity index (χ2v) is 6.80. The van der Waals surface area contributed by atoms with E-state index < -0.39 is 0 Å².